The summed E-state index contributed by atoms with van der Waals surface area (Å²) in [6.07, 6.45) is 0.958. The number of rotatable bonds is 8. The first-order chi connectivity index (χ1) is 14.4. The molecule has 0 bridgehead atoms. The molecular formula is C19H17N6O6. The van der Waals surface area contributed by atoms with Crippen LogP contribution in [0.3, 0.4) is 0 Å². The lowest BCUT2D eigenvalue weighted by atomic mass is 9.85. The van der Waals surface area contributed by atoms with Crippen LogP contribution in [0.2, 0.25) is 0 Å². The summed E-state index contributed by atoms with van der Waals surface area (Å²) in [4.78, 5) is 71.7. The Hall–Kier alpha value is -4.74. The number of nitrogens with two attached hydrogens (primary N) is 6. The number of primary amides is 6. The summed E-state index contributed by atoms with van der Waals surface area (Å²) in [6, 6.07) is 4.30. The molecule has 0 aliphatic carbocycles. The maximum Gasteiger partial charge on any atom is 0.249 e. The van der Waals surface area contributed by atoms with Crippen LogP contribution in [0.5, 0.6) is 0 Å². The van der Waals surface area contributed by atoms with Crippen molar-refractivity contribution in [3.05, 3.63) is 75.2 Å². The number of hydrogen-bond donors (Lipinski definition) is 6. The van der Waals surface area contributed by atoms with Crippen molar-refractivity contribution in [2.45, 2.75) is 0 Å². The van der Waals surface area contributed by atoms with Gasteiger partial charge in [0, 0.05) is 17.5 Å². The van der Waals surface area contributed by atoms with E-state index in [2.05, 4.69) is 0 Å². The van der Waals surface area contributed by atoms with Gasteiger partial charge in [-0.05, 0) is 35.4 Å². The molecule has 0 unspecified atom stereocenters. The van der Waals surface area contributed by atoms with Crippen molar-refractivity contribution < 1.29 is 28.8 Å². The van der Waals surface area contributed by atoms with Gasteiger partial charge in [-0.3, -0.25) is 28.8 Å². The standard InChI is InChI=1S/C19H17N6O6/c20-14(26)6-1-3-8(16(22)28)12(18(24)30)10(6)5-11-7(15(21)27)2-4-9(17(23)29)13(11)19(25)31/h1-5H,(H2,20,26)(H2,21,27)(H2,22,28)(H2,23,29)(H2,24,30)(H2,25,31). The average molecular weight is 425 g/mol. The highest BCUT2D eigenvalue weighted by atomic mass is 16.2. The first-order valence-electron chi connectivity index (χ1n) is 8.36. The van der Waals surface area contributed by atoms with Gasteiger partial charge in [0.05, 0.1) is 22.3 Å². The molecule has 12 heteroatoms. The quantitative estimate of drug-likeness (QED) is 0.275. The Labute approximate surface area is 174 Å². The summed E-state index contributed by atoms with van der Waals surface area (Å²) in [6.45, 7) is 0. The van der Waals surface area contributed by atoms with Gasteiger partial charge in [-0.2, -0.15) is 0 Å². The van der Waals surface area contributed by atoms with Crippen LogP contribution in [0.4, 0.5) is 0 Å². The van der Waals surface area contributed by atoms with Crippen LogP contribution >= 0.6 is 0 Å². The molecule has 0 atom stereocenters. The highest BCUT2D eigenvalue weighted by molar-refractivity contribution is 6.13. The third-order valence-corrected chi connectivity index (χ3v) is 4.33. The minimum absolute atomic E-state index is 0.311. The molecule has 12 N–H and O–H groups in total. The van der Waals surface area contributed by atoms with Gasteiger partial charge in [0.2, 0.25) is 35.4 Å². The zero-order valence-electron chi connectivity index (χ0n) is 15.8. The lowest BCUT2D eigenvalue weighted by molar-refractivity contribution is 0.0964. The van der Waals surface area contributed by atoms with E-state index in [1.54, 1.807) is 0 Å². The number of amides is 6. The molecule has 0 aromatic heterocycles. The molecule has 6 amide bonds. The summed E-state index contributed by atoms with van der Waals surface area (Å²) < 4.78 is 0. The zero-order valence-corrected chi connectivity index (χ0v) is 15.8. The summed E-state index contributed by atoms with van der Waals surface area (Å²) in [5.74, 6) is -6.55. The number of benzene rings is 2. The minimum Gasteiger partial charge on any atom is -0.366 e. The van der Waals surface area contributed by atoms with E-state index in [1.807, 2.05) is 0 Å². The van der Waals surface area contributed by atoms with E-state index >= 15 is 0 Å². The minimum atomic E-state index is -1.17. The van der Waals surface area contributed by atoms with E-state index in [9.17, 15) is 28.8 Å². The monoisotopic (exact) mass is 425 g/mol. The Morgan fingerprint density at radius 3 is 0.935 bits per heavy atom. The van der Waals surface area contributed by atoms with E-state index < -0.39 is 46.6 Å². The van der Waals surface area contributed by atoms with Crippen LogP contribution in [-0.4, -0.2) is 35.4 Å². The fourth-order valence-electron chi connectivity index (χ4n) is 3.05. The Morgan fingerprint density at radius 1 is 0.452 bits per heavy atom. The van der Waals surface area contributed by atoms with Crippen molar-refractivity contribution in [3.8, 4) is 0 Å². The predicted octanol–water partition coefficient (Wildman–Crippen LogP) is -2.12. The summed E-state index contributed by atoms with van der Waals surface area (Å²) in [5.41, 5.74) is 28.9. The molecule has 2 aromatic rings. The fraction of sp³-hybridized carbons (Fsp3) is 0. The summed E-state index contributed by atoms with van der Waals surface area (Å²) in [5, 5.41) is 0. The molecule has 2 aromatic carbocycles. The van der Waals surface area contributed by atoms with Crippen molar-refractivity contribution in [1.82, 2.24) is 0 Å². The number of carbonyl (C=O) groups excluding carboxylic acids is 6. The molecule has 0 heterocycles. The van der Waals surface area contributed by atoms with E-state index in [1.165, 1.54) is 0 Å². The lowest BCUT2D eigenvalue weighted by Crippen LogP contribution is -2.28. The van der Waals surface area contributed by atoms with Gasteiger partial charge in [0.15, 0.2) is 0 Å². The molecule has 31 heavy (non-hydrogen) atoms. The second kappa shape index (κ2) is 8.32. The maximum atomic E-state index is 12.1. The van der Waals surface area contributed by atoms with Crippen LogP contribution < -0.4 is 34.4 Å². The third kappa shape index (κ3) is 4.17. The predicted molar refractivity (Wildman–Crippen MR) is 106 cm³/mol. The Bertz CT molecular complexity index is 1100. The Balaban J connectivity index is 3.02. The molecule has 1 radical (unpaired) electrons. The largest absolute Gasteiger partial charge is 0.366 e. The summed E-state index contributed by atoms with van der Waals surface area (Å²) in [7, 11) is 0. The zero-order chi connectivity index (χ0) is 23.6. The first-order valence-corrected chi connectivity index (χ1v) is 8.36. The molecule has 0 aliphatic rings. The van der Waals surface area contributed by atoms with Gasteiger partial charge < -0.3 is 34.4 Å². The van der Waals surface area contributed by atoms with Gasteiger partial charge in [0.1, 0.15) is 0 Å². The molecule has 2 rings (SSSR count). The molecule has 0 saturated heterocycles. The van der Waals surface area contributed by atoms with Gasteiger partial charge in [-0.15, -0.1) is 0 Å². The van der Waals surface area contributed by atoms with E-state index in [0.717, 1.165) is 30.7 Å². The number of carbonyl (C=O) groups is 6. The molecular weight excluding hydrogens is 408 g/mol. The van der Waals surface area contributed by atoms with Crippen molar-refractivity contribution >= 4 is 35.4 Å². The van der Waals surface area contributed by atoms with Crippen molar-refractivity contribution in [2.75, 3.05) is 0 Å². The Morgan fingerprint density at radius 2 is 0.710 bits per heavy atom. The van der Waals surface area contributed by atoms with Crippen LogP contribution in [0.1, 0.15) is 73.3 Å². The van der Waals surface area contributed by atoms with E-state index in [0.29, 0.717) is 0 Å². The number of hydrogen-bond acceptors (Lipinski definition) is 6. The van der Waals surface area contributed by atoms with Crippen molar-refractivity contribution in [1.29, 1.82) is 0 Å². The van der Waals surface area contributed by atoms with Crippen molar-refractivity contribution in [3.63, 3.8) is 0 Å². The second-order valence-electron chi connectivity index (χ2n) is 6.23. The second-order valence-corrected chi connectivity index (χ2v) is 6.23. The lowest BCUT2D eigenvalue weighted by Gasteiger charge is -2.18. The smallest absolute Gasteiger partial charge is 0.249 e. The highest BCUT2D eigenvalue weighted by Crippen LogP contribution is 2.29. The normalized spacial score (nSPS) is 10.3. The SMILES string of the molecule is NC(=O)c1ccc(C(N)=O)c(C(N)=O)c1[CH]c1c(C(N)=O)ccc(C(N)=O)c1C(N)=O. The van der Waals surface area contributed by atoms with Crippen LogP contribution in [0.15, 0.2) is 24.3 Å². The topological polar surface area (TPSA) is 259 Å². The van der Waals surface area contributed by atoms with Gasteiger partial charge in [-0.1, -0.05) is 0 Å². The average Bonchev–Trinajstić information content (AvgIpc) is 2.65. The van der Waals surface area contributed by atoms with Gasteiger partial charge in [-0.25, -0.2) is 0 Å². The Kier molecular flexibility index (Phi) is 6.05. The highest BCUT2D eigenvalue weighted by Gasteiger charge is 2.28. The third-order valence-electron chi connectivity index (χ3n) is 4.33. The van der Waals surface area contributed by atoms with Crippen LogP contribution in [0.25, 0.3) is 0 Å². The molecule has 0 spiro atoms. The van der Waals surface area contributed by atoms with Gasteiger partial charge in [0.25, 0.3) is 0 Å². The first kappa shape index (κ1) is 22.5. The fourth-order valence-corrected chi connectivity index (χ4v) is 3.05. The molecule has 159 valence electrons. The van der Waals surface area contributed by atoms with Crippen molar-refractivity contribution in [2.24, 2.45) is 34.4 Å². The molecule has 12 nitrogen and oxygen atoms in total. The van der Waals surface area contributed by atoms with E-state index in [-0.39, 0.29) is 33.4 Å². The molecule has 0 saturated carbocycles. The van der Waals surface area contributed by atoms with Crippen LogP contribution in [0, 0.1) is 6.42 Å². The molecule has 0 aliphatic heterocycles. The van der Waals surface area contributed by atoms with Gasteiger partial charge >= 0.3 is 0 Å². The summed E-state index contributed by atoms with van der Waals surface area (Å²) >= 11 is 0. The van der Waals surface area contributed by atoms with Crippen LogP contribution in [-0.2, 0) is 0 Å². The maximum absolute atomic E-state index is 12.1. The van der Waals surface area contributed by atoms with E-state index in [4.69, 9.17) is 34.4 Å². The molecule has 0 fully saturated rings.